The molecule has 0 N–H and O–H groups in total. The third-order valence-corrected chi connectivity index (χ3v) is 4.91. The van der Waals surface area contributed by atoms with E-state index in [0.717, 1.165) is 30.3 Å². The van der Waals surface area contributed by atoms with Crippen LogP contribution in [-0.2, 0) is 11.3 Å². The lowest BCUT2D eigenvalue weighted by atomic mass is 10.1. The number of morpholine rings is 1. The van der Waals surface area contributed by atoms with Gasteiger partial charge in [0.2, 0.25) is 0 Å². The van der Waals surface area contributed by atoms with Gasteiger partial charge in [-0.2, -0.15) is 0 Å². The molecule has 2 aromatic carbocycles. The fourth-order valence-electron chi connectivity index (χ4n) is 3.09. The van der Waals surface area contributed by atoms with Crippen LogP contribution >= 0.6 is 11.6 Å². The van der Waals surface area contributed by atoms with Crippen LogP contribution in [0.4, 0.5) is 8.78 Å². The highest BCUT2D eigenvalue weighted by Crippen LogP contribution is 2.37. The largest absolute Gasteiger partial charge is 0.493 e. The van der Waals surface area contributed by atoms with Crippen molar-refractivity contribution in [3.8, 4) is 17.2 Å². The SMILES string of the molecule is COc1ccc(CN2CCOC(COc3cc(F)ccc3F)C2)c(Cl)c1OC. The van der Waals surface area contributed by atoms with Crippen LogP contribution in [0.5, 0.6) is 17.2 Å². The minimum Gasteiger partial charge on any atom is -0.493 e. The molecule has 0 amide bonds. The highest BCUT2D eigenvalue weighted by molar-refractivity contribution is 6.33. The first-order chi connectivity index (χ1) is 13.5. The summed E-state index contributed by atoms with van der Waals surface area (Å²) in [6.45, 7) is 2.51. The van der Waals surface area contributed by atoms with E-state index in [4.69, 9.17) is 30.5 Å². The summed E-state index contributed by atoms with van der Waals surface area (Å²) in [7, 11) is 3.10. The normalized spacial score (nSPS) is 17.4. The molecule has 1 aliphatic heterocycles. The molecule has 1 fully saturated rings. The van der Waals surface area contributed by atoms with Crippen molar-refractivity contribution < 1.29 is 27.7 Å². The topological polar surface area (TPSA) is 40.2 Å². The van der Waals surface area contributed by atoms with Gasteiger partial charge < -0.3 is 18.9 Å². The Labute approximate surface area is 167 Å². The second-order valence-corrected chi connectivity index (χ2v) is 6.77. The van der Waals surface area contributed by atoms with E-state index in [2.05, 4.69) is 4.90 Å². The molecule has 0 saturated carbocycles. The Hall–Kier alpha value is -2.09. The van der Waals surface area contributed by atoms with Gasteiger partial charge in [-0.05, 0) is 23.8 Å². The minimum atomic E-state index is -0.605. The maximum Gasteiger partial charge on any atom is 0.179 e. The van der Waals surface area contributed by atoms with E-state index in [1.54, 1.807) is 14.2 Å². The third-order valence-electron chi connectivity index (χ3n) is 4.50. The van der Waals surface area contributed by atoms with Gasteiger partial charge in [0.1, 0.15) is 18.5 Å². The van der Waals surface area contributed by atoms with Gasteiger partial charge in [-0.1, -0.05) is 17.7 Å². The zero-order valence-electron chi connectivity index (χ0n) is 15.7. The van der Waals surface area contributed by atoms with Gasteiger partial charge in [0, 0.05) is 25.7 Å². The van der Waals surface area contributed by atoms with Gasteiger partial charge in [0.05, 0.1) is 25.8 Å². The van der Waals surface area contributed by atoms with Gasteiger partial charge in [-0.3, -0.25) is 4.90 Å². The average Bonchev–Trinajstić information content (AvgIpc) is 2.70. The van der Waals surface area contributed by atoms with E-state index in [0.29, 0.717) is 36.2 Å². The molecule has 0 bridgehead atoms. The number of methoxy groups -OCH3 is 2. The highest BCUT2D eigenvalue weighted by atomic mass is 35.5. The van der Waals surface area contributed by atoms with Crippen LogP contribution in [0.2, 0.25) is 5.02 Å². The van der Waals surface area contributed by atoms with E-state index in [9.17, 15) is 8.78 Å². The lowest BCUT2D eigenvalue weighted by molar-refractivity contribution is -0.0509. The Kier molecular flexibility index (Phi) is 6.93. The summed E-state index contributed by atoms with van der Waals surface area (Å²) in [6.07, 6.45) is -0.268. The molecule has 1 unspecified atom stereocenters. The monoisotopic (exact) mass is 413 g/mol. The molecule has 0 spiro atoms. The predicted molar refractivity (Wildman–Crippen MR) is 101 cm³/mol. The van der Waals surface area contributed by atoms with Crippen LogP contribution in [0.15, 0.2) is 30.3 Å². The molecule has 2 aromatic rings. The number of hydrogen-bond acceptors (Lipinski definition) is 5. The van der Waals surface area contributed by atoms with Crippen molar-refractivity contribution in [3.63, 3.8) is 0 Å². The Balaban J connectivity index is 1.61. The summed E-state index contributed by atoms with van der Waals surface area (Å²) < 4.78 is 48.6. The van der Waals surface area contributed by atoms with Gasteiger partial charge in [-0.25, -0.2) is 8.78 Å². The Bertz CT molecular complexity index is 821. The molecular formula is C20H22ClF2NO4. The van der Waals surface area contributed by atoms with Crippen molar-refractivity contribution >= 4 is 11.6 Å². The predicted octanol–water partition coefficient (Wildman–Crippen LogP) is 3.92. The summed E-state index contributed by atoms with van der Waals surface area (Å²) in [5.74, 6) is -0.210. The first-order valence-electron chi connectivity index (χ1n) is 8.83. The highest BCUT2D eigenvalue weighted by Gasteiger charge is 2.23. The van der Waals surface area contributed by atoms with Crippen molar-refractivity contribution in [2.75, 3.05) is 40.5 Å². The third kappa shape index (κ3) is 4.84. The van der Waals surface area contributed by atoms with Gasteiger partial charge in [0.15, 0.2) is 23.1 Å². The fourth-order valence-corrected chi connectivity index (χ4v) is 3.38. The lowest BCUT2D eigenvalue weighted by Crippen LogP contribution is -2.44. The molecule has 1 heterocycles. The van der Waals surface area contributed by atoms with E-state index in [-0.39, 0.29) is 18.5 Å². The number of nitrogens with zero attached hydrogens (tertiary/aromatic N) is 1. The summed E-state index contributed by atoms with van der Waals surface area (Å²) in [5, 5.41) is 0.503. The molecule has 0 aliphatic carbocycles. The van der Waals surface area contributed by atoms with Gasteiger partial charge in [-0.15, -0.1) is 0 Å². The van der Waals surface area contributed by atoms with Crippen molar-refractivity contribution in [3.05, 3.63) is 52.6 Å². The van der Waals surface area contributed by atoms with Crippen molar-refractivity contribution in [1.82, 2.24) is 4.90 Å². The fraction of sp³-hybridized carbons (Fsp3) is 0.400. The second kappa shape index (κ2) is 9.41. The van der Waals surface area contributed by atoms with Crippen molar-refractivity contribution in [2.24, 2.45) is 0 Å². The molecule has 28 heavy (non-hydrogen) atoms. The number of hydrogen-bond donors (Lipinski definition) is 0. The van der Waals surface area contributed by atoms with Crippen LogP contribution in [-0.4, -0.2) is 51.5 Å². The van der Waals surface area contributed by atoms with E-state index < -0.39 is 11.6 Å². The van der Waals surface area contributed by atoms with Gasteiger partial charge in [0.25, 0.3) is 0 Å². The lowest BCUT2D eigenvalue weighted by Gasteiger charge is -2.33. The van der Waals surface area contributed by atoms with E-state index in [1.807, 2.05) is 12.1 Å². The van der Waals surface area contributed by atoms with Gasteiger partial charge >= 0.3 is 0 Å². The standard InChI is InChI=1S/C20H22ClF2NO4/c1-25-17-6-3-13(19(21)20(17)26-2)10-24-7-8-27-15(11-24)12-28-18-9-14(22)4-5-16(18)23/h3-6,9,15H,7-8,10-12H2,1-2H3. The Morgan fingerprint density at radius 2 is 1.96 bits per heavy atom. The quantitative estimate of drug-likeness (QED) is 0.688. The van der Waals surface area contributed by atoms with Crippen LogP contribution in [0, 0.1) is 11.6 Å². The molecule has 5 nitrogen and oxygen atoms in total. The van der Waals surface area contributed by atoms with Crippen LogP contribution in [0.25, 0.3) is 0 Å². The van der Waals surface area contributed by atoms with E-state index in [1.165, 1.54) is 0 Å². The maximum atomic E-state index is 13.7. The Morgan fingerprint density at radius 3 is 2.71 bits per heavy atom. The first kappa shape index (κ1) is 20.6. The summed E-state index contributed by atoms with van der Waals surface area (Å²) in [5.41, 5.74) is 0.900. The van der Waals surface area contributed by atoms with Crippen molar-refractivity contribution in [2.45, 2.75) is 12.6 Å². The zero-order chi connectivity index (χ0) is 20.1. The average molecular weight is 414 g/mol. The number of benzene rings is 2. The second-order valence-electron chi connectivity index (χ2n) is 6.39. The van der Waals surface area contributed by atoms with Crippen LogP contribution in [0.1, 0.15) is 5.56 Å². The molecule has 1 saturated heterocycles. The molecule has 1 aliphatic rings. The molecule has 0 radical (unpaired) electrons. The number of ether oxygens (including phenoxy) is 4. The number of halogens is 3. The summed E-state index contributed by atoms with van der Waals surface area (Å²) >= 11 is 6.46. The summed E-state index contributed by atoms with van der Waals surface area (Å²) in [4.78, 5) is 2.16. The molecule has 152 valence electrons. The minimum absolute atomic E-state index is 0.122. The molecule has 8 heteroatoms. The van der Waals surface area contributed by atoms with E-state index >= 15 is 0 Å². The summed E-state index contributed by atoms with van der Waals surface area (Å²) in [6, 6.07) is 6.82. The molecule has 3 rings (SSSR count). The van der Waals surface area contributed by atoms with Crippen LogP contribution < -0.4 is 14.2 Å². The smallest absolute Gasteiger partial charge is 0.179 e. The zero-order valence-corrected chi connectivity index (χ0v) is 16.5. The molecule has 0 aromatic heterocycles. The van der Waals surface area contributed by atoms with Crippen LogP contribution in [0.3, 0.4) is 0 Å². The molecule has 1 atom stereocenters. The number of rotatable bonds is 7. The molecular weight excluding hydrogens is 392 g/mol. The Morgan fingerprint density at radius 1 is 1.14 bits per heavy atom. The first-order valence-corrected chi connectivity index (χ1v) is 9.20. The van der Waals surface area contributed by atoms with Crippen molar-refractivity contribution in [1.29, 1.82) is 0 Å². The maximum absolute atomic E-state index is 13.7.